The van der Waals surface area contributed by atoms with E-state index >= 15 is 0 Å². The molecule has 162 valence electrons. The van der Waals surface area contributed by atoms with Gasteiger partial charge in [-0.05, 0) is 80.8 Å². The molecule has 5 rings (SSSR count). The Bertz CT molecular complexity index is 1300. The zero-order chi connectivity index (χ0) is 21.9. The summed E-state index contributed by atoms with van der Waals surface area (Å²) < 4.78 is 12.2. The third-order valence-corrected chi connectivity index (χ3v) is 5.95. The Labute approximate surface area is 187 Å². The van der Waals surface area contributed by atoms with Crippen molar-refractivity contribution in [2.45, 2.75) is 32.3 Å². The maximum Gasteiger partial charge on any atom is 0.171 e. The first-order valence-corrected chi connectivity index (χ1v) is 11.1. The Morgan fingerprint density at radius 2 is 2.09 bits per heavy atom. The number of rotatable bonds is 7. The molecule has 6 nitrogen and oxygen atoms in total. The van der Waals surface area contributed by atoms with Gasteiger partial charge in [-0.25, -0.2) is 0 Å². The number of hydrogen-bond acceptors (Lipinski definition) is 5. The number of aryl methyl sites for hydroxylation is 2. The van der Waals surface area contributed by atoms with Crippen molar-refractivity contribution in [2.24, 2.45) is 0 Å². The molecule has 0 fully saturated rings. The van der Waals surface area contributed by atoms with E-state index in [0.717, 1.165) is 71.4 Å². The lowest BCUT2D eigenvalue weighted by Crippen LogP contribution is -2.38. The Balaban J connectivity index is 1.11. The van der Waals surface area contributed by atoms with Crippen LogP contribution in [-0.4, -0.2) is 35.8 Å². The minimum absolute atomic E-state index is 0.0209. The van der Waals surface area contributed by atoms with Gasteiger partial charge < -0.3 is 19.8 Å². The van der Waals surface area contributed by atoms with Gasteiger partial charge in [0.25, 0.3) is 0 Å². The molecule has 1 unspecified atom stereocenters. The average molecular weight is 427 g/mol. The topological polar surface area (TPSA) is 83.0 Å². The zero-order valence-corrected chi connectivity index (χ0v) is 18.1. The minimum atomic E-state index is -0.0209. The van der Waals surface area contributed by atoms with E-state index in [4.69, 9.17) is 14.7 Å². The molecular formula is C26H26N4O2. The Morgan fingerprint density at radius 1 is 1.16 bits per heavy atom. The lowest BCUT2D eigenvalue weighted by Gasteiger charge is -2.27. The summed E-state index contributed by atoms with van der Waals surface area (Å²) in [6.45, 7) is 4.20. The van der Waals surface area contributed by atoms with Crippen LogP contribution in [0.2, 0.25) is 0 Å². The smallest absolute Gasteiger partial charge is 0.171 e. The fraction of sp³-hybridized carbons (Fsp3) is 0.308. The van der Waals surface area contributed by atoms with E-state index in [0.29, 0.717) is 12.2 Å². The summed E-state index contributed by atoms with van der Waals surface area (Å²) in [5, 5.41) is 14.8. The largest absolute Gasteiger partial charge is 0.486 e. The van der Waals surface area contributed by atoms with Crippen LogP contribution in [0, 0.1) is 18.3 Å². The number of nitrogens with one attached hydrogen (secondary N) is 2. The number of unbranched alkanes of at least 4 members (excludes halogenated alkanes) is 1. The summed E-state index contributed by atoms with van der Waals surface area (Å²) in [5.41, 5.74) is 4.99. The van der Waals surface area contributed by atoms with E-state index in [9.17, 15) is 0 Å². The number of ether oxygens (including phenoxy) is 2. The van der Waals surface area contributed by atoms with Crippen LogP contribution in [0.4, 0.5) is 0 Å². The molecule has 1 aliphatic rings. The van der Waals surface area contributed by atoms with Crippen LogP contribution in [0.25, 0.3) is 21.8 Å². The van der Waals surface area contributed by atoms with Gasteiger partial charge in [0, 0.05) is 34.7 Å². The molecule has 0 radical (unpaired) electrons. The third kappa shape index (κ3) is 4.12. The lowest BCUT2D eigenvalue weighted by molar-refractivity contribution is 0.0925. The molecule has 6 heteroatoms. The molecule has 2 aromatic carbocycles. The van der Waals surface area contributed by atoms with Crippen molar-refractivity contribution < 1.29 is 9.47 Å². The van der Waals surface area contributed by atoms with Crippen LogP contribution >= 0.6 is 0 Å². The first-order chi connectivity index (χ1) is 15.7. The van der Waals surface area contributed by atoms with E-state index < -0.39 is 0 Å². The monoisotopic (exact) mass is 426 g/mol. The van der Waals surface area contributed by atoms with Crippen LogP contribution in [0.1, 0.15) is 29.7 Å². The van der Waals surface area contributed by atoms with Gasteiger partial charge in [0.1, 0.15) is 12.7 Å². The number of aromatic nitrogens is 2. The number of benzene rings is 2. The average Bonchev–Trinajstić information content (AvgIpc) is 3.22. The van der Waals surface area contributed by atoms with Crippen molar-refractivity contribution in [3.8, 4) is 17.6 Å². The van der Waals surface area contributed by atoms with E-state index in [-0.39, 0.29) is 6.10 Å². The summed E-state index contributed by atoms with van der Waals surface area (Å²) >= 11 is 0. The predicted octanol–water partition coefficient (Wildman–Crippen LogP) is 4.65. The molecule has 2 aromatic heterocycles. The van der Waals surface area contributed by atoms with Gasteiger partial charge in [0.15, 0.2) is 11.5 Å². The van der Waals surface area contributed by atoms with Gasteiger partial charge in [-0.1, -0.05) is 0 Å². The third-order valence-electron chi connectivity index (χ3n) is 5.95. The molecule has 1 atom stereocenters. The fourth-order valence-electron chi connectivity index (χ4n) is 4.26. The van der Waals surface area contributed by atoms with Crippen molar-refractivity contribution in [1.29, 1.82) is 5.26 Å². The Morgan fingerprint density at radius 3 is 3.00 bits per heavy atom. The van der Waals surface area contributed by atoms with Crippen LogP contribution in [0.3, 0.4) is 0 Å². The first-order valence-electron chi connectivity index (χ1n) is 11.1. The summed E-state index contributed by atoms with van der Waals surface area (Å²) in [6, 6.07) is 16.0. The number of aromatic amines is 1. The number of pyridine rings is 1. The normalized spacial score (nSPS) is 15.2. The molecule has 3 heterocycles. The van der Waals surface area contributed by atoms with Crippen LogP contribution in [-0.2, 0) is 6.42 Å². The summed E-state index contributed by atoms with van der Waals surface area (Å²) in [5.74, 6) is 1.59. The van der Waals surface area contributed by atoms with Crippen molar-refractivity contribution in [3.63, 3.8) is 0 Å². The van der Waals surface area contributed by atoms with Crippen molar-refractivity contribution in [2.75, 3.05) is 19.7 Å². The quantitative estimate of drug-likeness (QED) is 0.421. The van der Waals surface area contributed by atoms with E-state index in [2.05, 4.69) is 33.6 Å². The van der Waals surface area contributed by atoms with Crippen LogP contribution in [0.15, 0.2) is 48.7 Å². The highest BCUT2D eigenvalue weighted by Gasteiger charge is 2.23. The van der Waals surface area contributed by atoms with Gasteiger partial charge >= 0.3 is 0 Å². The predicted molar refractivity (Wildman–Crippen MR) is 125 cm³/mol. The van der Waals surface area contributed by atoms with E-state index in [1.807, 2.05) is 43.3 Å². The second-order valence-corrected chi connectivity index (χ2v) is 8.31. The standard InChI is InChI=1S/C26H26N4O2/c1-17-5-7-21-24(30-17)9-10-25-26(21)32-20(16-31-25)15-28-11-3-2-4-19-14-29-23-8-6-18(13-27)12-22(19)23/h5-10,12,14,20,28-29H,2-4,11,15-16H2,1H3. The number of fused-ring (bicyclic) bond motifs is 4. The zero-order valence-electron chi connectivity index (χ0n) is 18.1. The van der Waals surface area contributed by atoms with Gasteiger partial charge in [0.05, 0.1) is 17.1 Å². The molecule has 4 aromatic rings. The molecule has 0 saturated heterocycles. The number of hydrogen-bond donors (Lipinski definition) is 2. The van der Waals surface area contributed by atoms with Crippen molar-refractivity contribution in [1.82, 2.24) is 15.3 Å². The second kappa shape index (κ2) is 8.89. The SMILES string of the molecule is Cc1ccc2c3c(ccc2n1)OCC(CNCCCCc1c[nH]c2ccc(C#N)cc12)O3. The highest BCUT2D eigenvalue weighted by molar-refractivity contribution is 5.88. The molecule has 32 heavy (non-hydrogen) atoms. The highest BCUT2D eigenvalue weighted by Crippen LogP contribution is 2.38. The number of nitriles is 1. The van der Waals surface area contributed by atoms with Gasteiger partial charge in [0.2, 0.25) is 0 Å². The maximum absolute atomic E-state index is 9.13. The summed E-state index contributed by atoms with van der Waals surface area (Å²) in [6.07, 6.45) is 5.18. The Hall–Kier alpha value is -3.56. The second-order valence-electron chi connectivity index (χ2n) is 8.31. The lowest BCUT2D eigenvalue weighted by atomic mass is 10.1. The molecule has 0 aliphatic carbocycles. The van der Waals surface area contributed by atoms with E-state index in [1.165, 1.54) is 5.56 Å². The molecule has 0 amide bonds. The van der Waals surface area contributed by atoms with Crippen molar-refractivity contribution in [3.05, 3.63) is 65.5 Å². The summed E-state index contributed by atoms with van der Waals surface area (Å²) in [4.78, 5) is 7.88. The molecule has 1 aliphatic heterocycles. The Kier molecular flexibility index (Phi) is 5.66. The van der Waals surface area contributed by atoms with Crippen LogP contribution in [0.5, 0.6) is 11.5 Å². The van der Waals surface area contributed by atoms with Gasteiger partial charge in [-0.15, -0.1) is 0 Å². The fourth-order valence-corrected chi connectivity index (χ4v) is 4.26. The van der Waals surface area contributed by atoms with Gasteiger partial charge in [-0.3, -0.25) is 4.98 Å². The highest BCUT2D eigenvalue weighted by atomic mass is 16.6. The maximum atomic E-state index is 9.13. The first kappa shape index (κ1) is 20.3. The van der Waals surface area contributed by atoms with Gasteiger partial charge in [-0.2, -0.15) is 5.26 Å². The molecule has 0 spiro atoms. The number of H-pyrrole nitrogens is 1. The molecular weight excluding hydrogens is 400 g/mol. The summed E-state index contributed by atoms with van der Waals surface area (Å²) in [7, 11) is 0. The minimum Gasteiger partial charge on any atom is -0.486 e. The van der Waals surface area contributed by atoms with Crippen LogP contribution < -0.4 is 14.8 Å². The molecule has 0 bridgehead atoms. The van der Waals surface area contributed by atoms with Crippen molar-refractivity contribution >= 4 is 21.8 Å². The molecule has 2 N–H and O–H groups in total. The molecule has 0 saturated carbocycles. The number of nitrogens with zero attached hydrogens (tertiary/aromatic N) is 2. The van der Waals surface area contributed by atoms with E-state index in [1.54, 1.807) is 0 Å².